The Morgan fingerprint density at radius 1 is 1.15 bits per heavy atom. The molecule has 2 aromatic rings. The van der Waals surface area contributed by atoms with Crippen molar-refractivity contribution in [1.29, 1.82) is 0 Å². The summed E-state index contributed by atoms with van der Waals surface area (Å²) in [4.78, 5) is 8.88. The van der Waals surface area contributed by atoms with E-state index in [1.807, 2.05) is 19.4 Å². The Labute approximate surface area is 123 Å². The predicted molar refractivity (Wildman–Crippen MR) is 84.6 cm³/mol. The molecule has 1 fully saturated rings. The van der Waals surface area contributed by atoms with E-state index in [2.05, 4.69) is 50.9 Å². The van der Waals surface area contributed by atoms with E-state index in [1.54, 1.807) is 11.8 Å². The van der Waals surface area contributed by atoms with Crippen LogP contribution in [0.25, 0.3) is 0 Å². The second kappa shape index (κ2) is 5.71. The lowest BCUT2D eigenvalue weighted by atomic mass is 10.1. The molecule has 0 saturated heterocycles. The van der Waals surface area contributed by atoms with Crippen molar-refractivity contribution >= 4 is 23.4 Å². The summed E-state index contributed by atoms with van der Waals surface area (Å²) in [6.07, 6.45) is 3.15. The molecule has 0 aliphatic heterocycles. The molecule has 104 valence electrons. The first-order valence-corrected chi connectivity index (χ1v) is 7.95. The number of thioether (sulfide) groups is 1. The smallest absolute Gasteiger partial charge is 0.191 e. The quantitative estimate of drug-likeness (QED) is 0.653. The van der Waals surface area contributed by atoms with Crippen LogP contribution in [-0.2, 0) is 0 Å². The number of hydrogen-bond donors (Lipinski definition) is 2. The van der Waals surface area contributed by atoms with Gasteiger partial charge in [0.15, 0.2) is 5.16 Å². The average molecular weight is 286 g/mol. The van der Waals surface area contributed by atoms with Gasteiger partial charge in [-0.1, -0.05) is 42.1 Å². The minimum Gasteiger partial charge on any atom is -0.373 e. The van der Waals surface area contributed by atoms with Gasteiger partial charge in [0.05, 0.1) is 0 Å². The van der Waals surface area contributed by atoms with Crippen LogP contribution in [0.1, 0.15) is 17.9 Å². The summed E-state index contributed by atoms with van der Waals surface area (Å²) in [6, 6.07) is 13.1. The third-order valence-corrected chi connectivity index (χ3v) is 4.04. The highest BCUT2D eigenvalue weighted by molar-refractivity contribution is 7.98. The first-order valence-electron chi connectivity index (χ1n) is 6.72. The number of benzene rings is 1. The van der Waals surface area contributed by atoms with Gasteiger partial charge >= 0.3 is 0 Å². The lowest BCUT2D eigenvalue weighted by Gasteiger charge is -2.08. The maximum absolute atomic E-state index is 4.51. The van der Waals surface area contributed by atoms with Gasteiger partial charge in [-0.3, -0.25) is 0 Å². The minimum atomic E-state index is 0.478. The first-order chi connectivity index (χ1) is 9.80. The normalized spacial score (nSPS) is 20.5. The molecule has 2 unspecified atom stereocenters. The van der Waals surface area contributed by atoms with Crippen LogP contribution in [0.15, 0.2) is 41.6 Å². The molecule has 1 heterocycles. The van der Waals surface area contributed by atoms with Crippen LogP contribution in [0.5, 0.6) is 0 Å². The zero-order chi connectivity index (χ0) is 13.9. The molecule has 5 heteroatoms. The van der Waals surface area contributed by atoms with Crippen molar-refractivity contribution in [2.45, 2.75) is 23.5 Å². The lowest BCUT2D eigenvalue weighted by Crippen LogP contribution is -2.08. The van der Waals surface area contributed by atoms with E-state index < -0.39 is 0 Å². The topological polar surface area (TPSA) is 49.8 Å². The summed E-state index contributed by atoms with van der Waals surface area (Å²) < 4.78 is 0. The zero-order valence-electron chi connectivity index (χ0n) is 11.6. The molecule has 20 heavy (non-hydrogen) atoms. The molecule has 4 nitrogen and oxygen atoms in total. The van der Waals surface area contributed by atoms with Crippen LogP contribution in [-0.4, -0.2) is 29.3 Å². The zero-order valence-corrected chi connectivity index (χ0v) is 12.4. The number of nitrogens with zero attached hydrogens (tertiary/aromatic N) is 2. The van der Waals surface area contributed by atoms with Crippen molar-refractivity contribution in [3.8, 4) is 0 Å². The molecule has 0 spiro atoms. The molecule has 1 aromatic heterocycles. The van der Waals surface area contributed by atoms with Gasteiger partial charge in [0.25, 0.3) is 0 Å². The molecule has 1 aromatic carbocycles. The number of nitrogens with one attached hydrogen (secondary N) is 2. The number of anilines is 2. The van der Waals surface area contributed by atoms with Gasteiger partial charge in [-0.2, -0.15) is 0 Å². The number of hydrogen-bond acceptors (Lipinski definition) is 5. The fourth-order valence-electron chi connectivity index (χ4n) is 2.33. The molecule has 0 radical (unpaired) electrons. The van der Waals surface area contributed by atoms with Crippen molar-refractivity contribution in [1.82, 2.24) is 9.97 Å². The number of aromatic nitrogens is 2. The molecule has 1 aliphatic carbocycles. The van der Waals surface area contributed by atoms with E-state index in [-0.39, 0.29) is 0 Å². The molecule has 1 aliphatic rings. The van der Waals surface area contributed by atoms with Gasteiger partial charge in [-0.15, -0.1) is 0 Å². The van der Waals surface area contributed by atoms with Crippen molar-refractivity contribution in [3.05, 3.63) is 42.0 Å². The molecule has 0 amide bonds. The van der Waals surface area contributed by atoms with Crippen LogP contribution in [0.4, 0.5) is 11.6 Å². The maximum atomic E-state index is 4.51. The van der Waals surface area contributed by atoms with Crippen LogP contribution in [0.2, 0.25) is 0 Å². The molecule has 0 bridgehead atoms. The van der Waals surface area contributed by atoms with Gasteiger partial charge in [0.2, 0.25) is 0 Å². The Morgan fingerprint density at radius 3 is 2.60 bits per heavy atom. The summed E-state index contributed by atoms with van der Waals surface area (Å²) in [5.41, 5.74) is 1.40. The highest BCUT2D eigenvalue weighted by Crippen LogP contribution is 2.42. The van der Waals surface area contributed by atoms with Gasteiger partial charge < -0.3 is 10.6 Å². The standard InChI is InChI=1S/C15H18N4S/c1-16-13-9-14(19-15(18-13)20-2)17-12-8-11(12)10-6-4-3-5-7-10/h3-7,9,11-12H,8H2,1-2H3,(H2,16,17,18,19). The molecule has 1 saturated carbocycles. The summed E-state index contributed by atoms with van der Waals surface area (Å²) in [6.45, 7) is 0. The second-order valence-electron chi connectivity index (χ2n) is 4.88. The second-order valence-corrected chi connectivity index (χ2v) is 5.65. The summed E-state index contributed by atoms with van der Waals surface area (Å²) in [5.74, 6) is 2.35. The third-order valence-electron chi connectivity index (χ3n) is 3.50. The molecule has 2 atom stereocenters. The van der Waals surface area contributed by atoms with Gasteiger partial charge in [0.1, 0.15) is 11.6 Å². The highest BCUT2D eigenvalue weighted by Gasteiger charge is 2.38. The monoisotopic (exact) mass is 286 g/mol. The fourth-order valence-corrected chi connectivity index (χ4v) is 2.71. The summed E-state index contributed by atoms with van der Waals surface area (Å²) in [7, 11) is 1.88. The van der Waals surface area contributed by atoms with Crippen LogP contribution >= 0.6 is 11.8 Å². The first kappa shape index (κ1) is 13.2. The van der Waals surface area contributed by atoms with Crippen LogP contribution < -0.4 is 10.6 Å². The Hall–Kier alpha value is -1.75. The summed E-state index contributed by atoms with van der Waals surface area (Å²) >= 11 is 1.55. The number of rotatable bonds is 5. The van der Waals surface area contributed by atoms with Crippen molar-refractivity contribution in [2.75, 3.05) is 23.9 Å². The van der Waals surface area contributed by atoms with Crippen LogP contribution in [0, 0.1) is 0 Å². The Balaban J connectivity index is 1.70. The van der Waals surface area contributed by atoms with E-state index in [0.29, 0.717) is 12.0 Å². The van der Waals surface area contributed by atoms with Crippen molar-refractivity contribution in [2.24, 2.45) is 0 Å². The Morgan fingerprint density at radius 2 is 1.90 bits per heavy atom. The SMILES string of the molecule is CNc1cc(NC2CC2c2ccccc2)nc(SC)n1. The molecule has 2 N–H and O–H groups in total. The highest BCUT2D eigenvalue weighted by atomic mass is 32.2. The molecular weight excluding hydrogens is 268 g/mol. The van der Waals surface area contributed by atoms with Gasteiger partial charge in [-0.05, 0) is 18.2 Å². The van der Waals surface area contributed by atoms with Crippen molar-refractivity contribution < 1.29 is 0 Å². The maximum Gasteiger partial charge on any atom is 0.191 e. The van der Waals surface area contributed by atoms with E-state index >= 15 is 0 Å². The minimum absolute atomic E-state index is 0.478. The Kier molecular flexibility index (Phi) is 3.78. The van der Waals surface area contributed by atoms with Crippen LogP contribution in [0.3, 0.4) is 0 Å². The largest absolute Gasteiger partial charge is 0.373 e. The molecular formula is C15H18N4S. The lowest BCUT2D eigenvalue weighted by molar-refractivity contribution is 0.947. The predicted octanol–water partition coefficient (Wildman–Crippen LogP) is 3.21. The third kappa shape index (κ3) is 2.88. The van der Waals surface area contributed by atoms with E-state index in [4.69, 9.17) is 0 Å². The van der Waals surface area contributed by atoms with E-state index in [1.165, 1.54) is 5.56 Å². The molecule has 3 rings (SSSR count). The van der Waals surface area contributed by atoms with Gasteiger partial charge in [-0.25, -0.2) is 9.97 Å². The Bertz CT molecular complexity index is 565. The van der Waals surface area contributed by atoms with E-state index in [0.717, 1.165) is 23.2 Å². The average Bonchev–Trinajstić information content (AvgIpc) is 3.27. The summed E-state index contributed by atoms with van der Waals surface area (Å²) in [5, 5.41) is 7.37. The fraction of sp³-hybridized carbons (Fsp3) is 0.333. The van der Waals surface area contributed by atoms with E-state index in [9.17, 15) is 0 Å². The van der Waals surface area contributed by atoms with Gasteiger partial charge in [0, 0.05) is 25.1 Å². The van der Waals surface area contributed by atoms with Crippen molar-refractivity contribution in [3.63, 3.8) is 0 Å².